The van der Waals surface area contributed by atoms with Crippen LogP contribution in [0.2, 0.25) is 0 Å². The quantitative estimate of drug-likeness (QED) is 0.595. The van der Waals surface area contributed by atoms with Crippen molar-refractivity contribution in [3.05, 3.63) is 34.5 Å². The molecule has 5 fully saturated rings. The van der Waals surface area contributed by atoms with Gasteiger partial charge in [-0.1, -0.05) is 0 Å². The zero-order valence-corrected chi connectivity index (χ0v) is 21.4. The molecule has 0 radical (unpaired) electrons. The highest BCUT2D eigenvalue weighted by Gasteiger charge is 2.55. The number of halogens is 1. The molecule has 38 heavy (non-hydrogen) atoms. The highest BCUT2D eigenvalue weighted by Crippen LogP contribution is 2.57. The zero-order chi connectivity index (χ0) is 26.8. The lowest BCUT2D eigenvalue weighted by atomic mass is 9.60. The van der Waals surface area contributed by atoms with Crippen LogP contribution >= 0.6 is 0 Å². The molecular weight excluding hydrogens is 495 g/mol. The van der Waals surface area contributed by atoms with E-state index in [1.54, 1.807) is 4.90 Å². The predicted octanol–water partition coefficient (Wildman–Crippen LogP) is 2.57. The number of rotatable bonds is 5. The van der Waals surface area contributed by atoms with Crippen molar-refractivity contribution in [2.75, 3.05) is 20.2 Å². The molecule has 2 N–H and O–H groups in total. The number of nitrogens with two attached hydrogens (primary N) is 1. The molecule has 2 amide bonds. The molecule has 1 aromatic carbocycles. The summed E-state index contributed by atoms with van der Waals surface area (Å²) in [4.78, 5) is 52.6. The SMILES string of the molecule is COC(=O)Cn1c(=O)n(C2CCN(C(=O)OC3C4CCC5(C(N)=O)CC(C4)CC3C5)C2)c2ccc(F)cc21. The van der Waals surface area contributed by atoms with E-state index in [1.165, 1.54) is 34.4 Å². The van der Waals surface area contributed by atoms with Gasteiger partial charge < -0.3 is 20.1 Å². The van der Waals surface area contributed by atoms with E-state index in [9.17, 15) is 23.6 Å². The lowest BCUT2D eigenvalue weighted by molar-refractivity contribution is -0.141. The molecule has 2 heterocycles. The number of ether oxygens (including phenoxy) is 2. The fourth-order valence-electron chi connectivity index (χ4n) is 7.84. The molecule has 7 rings (SSSR count). The van der Waals surface area contributed by atoms with Crippen LogP contribution in [0.3, 0.4) is 0 Å². The van der Waals surface area contributed by atoms with Gasteiger partial charge in [-0.2, -0.15) is 0 Å². The van der Waals surface area contributed by atoms with Crippen LogP contribution in [0.15, 0.2) is 23.0 Å². The normalized spacial score (nSPS) is 31.9. The van der Waals surface area contributed by atoms with Gasteiger partial charge in [-0.25, -0.2) is 14.0 Å². The van der Waals surface area contributed by atoms with E-state index >= 15 is 0 Å². The Balaban J connectivity index is 1.21. The van der Waals surface area contributed by atoms with E-state index in [-0.39, 0.29) is 43.0 Å². The minimum Gasteiger partial charge on any atom is -0.468 e. The Morgan fingerprint density at radius 1 is 1.13 bits per heavy atom. The Kier molecular flexibility index (Phi) is 5.99. The second-order valence-corrected chi connectivity index (χ2v) is 11.6. The summed E-state index contributed by atoms with van der Waals surface area (Å²) in [5.74, 6) is -0.526. The predicted molar refractivity (Wildman–Crippen MR) is 133 cm³/mol. The number of carbonyl (C=O) groups is 3. The van der Waals surface area contributed by atoms with Gasteiger partial charge in [0, 0.05) is 18.5 Å². The minimum absolute atomic E-state index is 0.138. The number of esters is 1. The third kappa shape index (κ3) is 3.97. The van der Waals surface area contributed by atoms with Crippen LogP contribution in [0.25, 0.3) is 11.0 Å². The first-order valence-corrected chi connectivity index (χ1v) is 13.4. The van der Waals surface area contributed by atoms with Crippen LogP contribution in [0.4, 0.5) is 9.18 Å². The molecule has 1 aliphatic heterocycles. The molecule has 11 heteroatoms. The van der Waals surface area contributed by atoms with E-state index in [2.05, 4.69) is 0 Å². The second-order valence-electron chi connectivity index (χ2n) is 11.6. The van der Waals surface area contributed by atoms with Gasteiger partial charge in [0.2, 0.25) is 5.91 Å². The summed E-state index contributed by atoms with van der Waals surface area (Å²) in [5.41, 5.74) is 5.71. The number of benzene rings is 1. The van der Waals surface area contributed by atoms with Crippen molar-refractivity contribution in [1.82, 2.24) is 14.0 Å². The number of imidazole rings is 1. The van der Waals surface area contributed by atoms with Crippen LogP contribution in [0.1, 0.15) is 51.0 Å². The van der Waals surface area contributed by atoms with Crippen molar-refractivity contribution in [1.29, 1.82) is 0 Å². The van der Waals surface area contributed by atoms with Crippen molar-refractivity contribution in [2.45, 2.75) is 63.6 Å². The van der Waals surface area contributed by atoms with E-state index in [0.29, 0.717) is 36.3 Å². The van der Waals surface area contributed by atoms with Crippen LogP contribution in [0, 0.1) is 29.0 Å². The molecule has 6 unspecified atom stereocenters. The smallest absolute Gasteiger partial charge is 0.410 e. The summed E-state index contributed by atoms with van der Waals surface area (Å²) >= 11 is 0. The van der Waals surface area contributed by atoms with Crippen molar-refractivity contribution >= 4 is 29.0 Å². The van der Waals surface area contributed by atoms with Crippen LogP contribution in [0.5, 0.6) is 0 Å². The minimum atomic E-state index is -0.614. The zero-order valence-electron chi connectivity index (χ0n) is 21.4. The van der Waals surface area contributed by atoms with Crippen molar-refractivity contribution in [2.24, 2.45) is 28.9 Å². The Morgan fingerprint density at radius 2 is 1.92 bits per heavy atom. The van der Waals surface area contributed by atoms with E-state index < -0.39 is 29.0 Å². The highest BCUT2D eigenvalue weighted by molar-refractivity contribution is 5.81. The number of amides is 2. The maximum Gasteiger partial charge on any atom is 0.410 e. The van der Waals surface area contributed by atoms with Gasteiger partial charge in [0.25, 0.3) is 0 Å². The molecule has 0 spiro atoms. The van der Waals surface area contributed by atoms with Crippen molar-refractivity contribution < 1.29 is 28.2 Å². The number of aromatic nitrogens is 2. The van der Waals surface area contributed by atoms with Crippen LogP contribution in [-0.4, -0.2) is 58.3 Å². The van der Waals surface area contributed by atoms with Gasteiger partial charge >= 0.3 is 17.8 Å². The van der Waals surface area contributed by atoms with E-state index in [0.717, 1.165) is 32.1 Å². The number of nitrogens with zero attached hydrogens (tertiary/aromatic N) is 3. The fourth-order valence-corrected chi connectivity index (χ4v) is 7.84. The highest BCUT2D eigenvalue weighted by atomic mass is 19.1. The maximum absolute atomic E-state index is 14.0. The van der Waals surface area contributed by atoms with Gasteiger partial charge in [-0.3, -0.25) is 18.7 Å². The summed E-state index contributed by atoms with van der Waals surface area (Å²) in [7, 11) is 1.23. The summed E-state index contributed by atoms with van der Waals surface area (Å²) in [5, 5.41) is 0. The fraction of sp³-hybridized carbons (Fsp3) is 0.630. The molecule has 1 aromatic heterocycles. The molecule has 204 valence electrons. The monoisotopic (exact) mass is 528 g/mol. The number of methoxy groups -OCH3 is 1. The lowest BCUT2D eigenvalue weighted by Gasteiger charge is -2.47. The number of primary amides is 1. The standard InChI is InChI=1S/C27H33FN4O6/c1-37-22(33)14-31-21-10-18(28)2-3-20(21)32(25(31)35)19-5-7-30(13-19)26(36)38-23-16-4-6-27(24(29)34)11-15(8-16)9-17(23)12-27/h2-3,10,15-17,19,23H,4-9,11-14H2,1H3,(H2,29,34). The first kappa shape index (κ1) is 24.9. The Labute approximate surface area is 218 Å². The molecule has 6 atom stereocenters. The summed E-state index contributed by atoms with van der Waals surface area (Å²) in [6.45, 7) is 0.346. The van der Waals surface area contributed by atoms with E-state index in [1.807, 2.05) is 0 Å². The van der Waals surface area contributed by atoms with Crippen LogP contribution in [-0.2, 0) is 25.6 Å². The average molecular weight is 529 g/mol. The Morgan fingerprint density at radius 3 is 2.68 bits per heavy atom. The molecule has 4 saturated carbocycles. The van der Waals surface area contributed by atoms with Gasteiger partial charge in [0.15, 0.2) is 0 Å². The molecule has 4 aliphatic carbocycles. The average Bonchev–Trinajstić information content (AvgIpc) is 3.40. The van der Waals surface area contributed by atoms with Gasteiger partial charge in [-0.15, -0.1) is 0 Å². The van der Waals surface area contributed by atoms with E-state index in [4.69, 9.17) is 15.2 Å². The molecular formula is C27H33FN4O6. The summed E-state index contributed by atoms with van der Waals surface area (Å²) in [6, 6.07) is 3.68. The first-order valence-electron chi connectivity index (χ1n) is 13.4. The van der Waals surface area contributed by atoms with Crippen LogP contribution < -0.4 is 11.4 Å². The van der Waals surface area contributed by atoms with Crippen molar-refractivity contribution in [3.8, 4) is 0 Å². The van der Waals surface area contributed by atoms with Gasteiger partial charge in [-0.05, 0) is 80.9 Å². The molecule has 4 bridgehead atoms. The summed E-state index contributed by atoms with van der Waals surface area (Å²) < 4.78 is 27.6. The second kappa shape index (κ2) is 9.13. The maximum atomic E-state index is 14.0. The number of hydrogen-bond donors (Lipinski definition) is 1. The first-order chi connectivity index (χ1) is 18.2. The number of carbonyl (C=O) groups excluding carboxylic acids is 3. The Bertz CT molecular complexity index is 1370. The third-order valence-electron chi connectivity index (χ3n) is 9.51. The molecule has 5 aliphatic rings. The topological polar surface area (TPSA) is 126 Å². The third-order valence-corrected chi connectivity index (χ3v) is 9.51. The van der Waals surface area contributed by atoms with Crippen molar-refractivity contribution in [3.63, 3.8) is 0 Å². The number of likely N-dealkylation sites (tertiary alicyclic amines) is 1. The largest absolute Gasteiger partial charge is 0.468 e. The molecule has 1 saturated heterocycles. The van der Waals surface area contributed by atoms with Gasteiger partial charge in [0.05, 0.1) is 24.2 Å². The summed E-state index contributed by atoms with van der Waals surface area (Å²) in [6.07, 6.45) is 4.93. The number of fused-ring (bicyclic) bond motifs is 2. The lowest BCUT2D eigenvalue weighted by Crippen LogP contribution is -2.49. The number of hydrogen-bond acceptors (Lipinski definition) is 6. The molecule has 10 nitrogen and oxygen atoms in total. The van der Waals surface area contributed by atoms with Gasteiger partial charge in [0.1, 0.15) is 18.5 Å². The Hall–Kier alpha value is -3.37. The molecule has 2 aromatic rings.